The maximum absolute atomic E-state index is 12.8. The second kappa shape index (κ2) is 9.85. The molecule has 0 radical (unpaired) electrons. The SMILES string of the molecule is CCN(C=O)C1CCN(CC2CCC(N(C)S(=O)c3ccc(O)cc3)C2)CC1. The number of phenols is 1. The van der Waals surface area contributed by atoms with Gasteiger partial charge in [-0.3, -0.25) is 4.79 Å². The van der Waals surface area contributed by atoms with Gasteiger partial charge in [-0.2, -0.15) is 0 Å². The van der Waals surface area contributed by atoms with Gasteiger partial charge in [-0.1, -0.05) is 0 Å². The van der Waals surface area contributed by atoms with Crippen molar-refractivity contribution in [3.8, 4) is 5.75 Å². The van der Waals surface area contributed by atoms with Crippen molar-refractivity contribution in [1.82, 2.24) is 14.1 Å². The number of carbonyl (C=O) groups excluding carboxylic acids is 1. The molecule has 1 saturated heterocycles. The van der Waals surface area contributed by atoms with E-state index in [9.17, 15) is 14.1 Å². The number of hydrogen-bond donors (Lipinski definition) is 1. The van der Waals surface area contributed by atoms with Crippen LogP contribution in [0.2, 0.25) is 0 Å². The van der Waals surface area contributed by atoms with Crippen LogP contribution in [0.25, 0.3) is 0 Å². The van der Waals surface area contributed by atoms with Crippen molar-refractivity contribution in [3.05, 3.63) is 24.3 Å². The summed E-state index contributed by atoms with van der Waals surface area (Å²) in [5.74, 6) is 0.845. The standard InChI is InChI=1S/C21H33N3O3S/c1-3-24(16-25)18-10-12-23(13-11-18)15-17-4-5-19(14-17)22(2)28(27)21-8-6-20(26)7-9-21/h6-9,16-19,26H,3-5,10-15H2,1-2H3. The van der Waals surface area contributed by atoms with Crippen LogP contribution in [0.15, 0.2) is 29.2 Å². The van der Waals surface area contributed by atoms with E-state index in [0.29, 0.717) is 18.0 Å². The molecule has 0 spiro atoms. The molecular formula is C21H33N3O3S. The smallest absolute Gasteiger partial charge is 0.209 e. The predicted molar refractivity (Wildman–Crippen MR) is 111 cm³/mol. The molecule has 156 valence electrons. The third-order valence-electron chi connectivity index (χ3n) is 6.37. The van der Waals surface area contributed by atoms with Gasteiger partial charge in [0.1, 0.15) is 16.7 Å². The quantitative estimate of drug-likeness (QED) is 0.673. The average Bonchev–Trinajstić information content (AvgIpc) is 3.18. The summed E-state index contributed by atoms with van der Waals surface area (Å²) in [6.07, 6.45) is 6.45. The van der Waals surface area contributed by atoms with Crippen molar-refractivity contribution in [3.63, 3.8) is 0 Å². The molecule has 1 amide bonds. The molecule has 1 aromatic carbocycles. The number of phenolic OH excluding ortho intramolecular Hbond substituents is 1. The molecule has 6 nitrogen and oxygen atoms in total. The first-order valence-electron chi connectivity index (χ1n) is 10.4. The normalized spacial score (nSPS) is 25.1. The van der Waals surface area contributed by atoms with Crippen LogP contribution in [0.3, 0.4) is 0 Å². The van der Waals surface area contributed by atoms with Crippen LogP contribution < -0.4 is 0 Å². The fraction of sp³-hybridized carbons (Fsp3) is 0.667. The Labute approximate surface area is 171 Å². The number of nitrogens with zero attached hydrogens (tertiary/aromatic N) is 3. The number of carbonyl (C=O) groups is 1. The maximum Gasteiger partial charge on any atom is 0.209 e. The number of likely N-dealkylation sites (tertiary alicyclic amines) is 1. The molecule has 3 unspecified atom stereocenters. The summed E-state index contributed by atoms with van der Waals surface area (Å²) in [6.45, 7) is 6.06. The van der Waals surface area contributed by atoms with Crippen LogP contribution >= 0.6 is 0 Å². The minimum atomic E-state index is -1.19. The van der Waals surface area contributed by atoms with E-state index < -0.39 is 11.0 Å². The zero-order valence-corrected chi connectivity index (χ0v) is 17.8. The van der Waals surface area contributed by atoms with Crippen molar-refractivity contribution in [2.75, 3.05) is 33.2 Å². The van der Waals surface area contributed by atoms with E-state index in [1.807, 2.05) is 23.2 Å². The summed E-state index contributed by atoms with van der Waals surface area (Å²) in [7, 11) is 0.755. The number of benzene rings is 1. The lowest BCUT2D eigenvalue weighted by Crippen LogP contribution is -2.45. The minimum Gasteiger partial charge on any atom is -0.508 e. The van der Waals surface area contributed by atoms with E-state index in [1.54, 1.807) is 24.3 Å². The Hall–Kier alpha value is -1.44. The van der Waals surface area contributed by atoms with Crippen molar-refractivity contribution in [1.29, 1.82) is 0 Å². The van der Waals surface area contributed by atoms with Gasteiger partial charge in [-0.15, -0.1) is 0 Å². The number of hydrogen-bond acceptors (Lipinski definition) is 4. The Morgan fingerprint density at radius 3 is 2.43 bits per heavy atom. The summed E-state index contributed by atoms with van der Waals surface area (Å²) in [5, 5.41) is 9.42. The van der Waals surface area contributed by atoms with Crippen molar-refractivity contribution >= 4 is 17.4 Å². The summed E-state index contributed by atoms with van der Waals surface area (Å²) in [4.78, 5) is 16.3. The Morgan fingerprint density at radius 2 is 1.82 bits per heavy atom. The Kier molecular flexibility index (Phi) is 7.48. The van der Waals surface area contributed by atoms with Gasteiger partial charge < -0.3 is 14.9 Å². The third-order valence-corrected chi connectivity index (χ3v) is 7.87. The zero-order chi connectivity index (χ0) is 20.1. The maximum atomic E-state index is 12.8. The van der Waals surface area contributed by atoms with E-state index in [0.717, 1.165) is 63.2 Å². The molecule has 2 aliphatic rings. The second-order valence-electron chi connectivity index (χ2n) is 8.09. The first-order valence-corrected chi connectivity index (χ1v) is 11.5. The van der Waals surface area contributed by atoms with Gasteiger partial charge in [0.05, 0.1) is 4.90 Å². The molecule has 3 atom stereocenters. The molecule has 1 aliphatic heterocycles. The zero-order valence-electron chi connectivity index (χ0n) is 17.0. The highest BCUT2D eigenvalue weighted by Crippen LogP contribution is 2.32. The van der Waals surface area contributed by atoms with Gasteiger partial charge in [0.2, 0.25) is 6.41 Å². The highest BCUT2D eigenvalue weighted by atomic mass is 32.2. The van der Waals surface area contributed by atoms with Crippen LogP contribution in [0, 0.1) is 5.92 Å². The summed E-state index contributed by atoms with van der Waals surface area (Å²) in [6, 6.07) is 7.38. The molecule has 2 fully saturated rings. The van der Waals surface area contributed by atoms with Crippen LogP contribution in [-0.4, -0.2) is 75.1 Å². The summed E-state index contributed by atoms with van der Waals surface area (Å²) >= 11 is 0. The largest absolute Gasteiger partial charge is 0.508 e. The topological polar surface area (TPSA) is 64.1 Å². The van der Waals surface area contributed by atoms with Crippen molar-refractivity contribution in [2.45, 2.75) is 56.0 Å². The van der Waals surface area contributed by atoms with Crippen LogP contribution in [0.1, 0.15) is 39.0 Å². The Morgan fingerprint density at radius 1 is 1.14 bits per heavy atom. The van der Waals surface area contributed by atoms with Crippen LogP contribution in [-0.2, 0) is 15.8 Å². The van der Waals surface area contributed by atoms with Gasteiger partial charge in [0.15, 0.2) is 0 Å². The van der Waals surface area contributed by atoms with E-state index in [1.165, 1.54) is 6.42 Å². The van der Waals surface area contributed by atoms with E-state index in [4.69, 9.17) is 0 Å². The first-order chi connectivity index (χ1) is 13.5. The molecule has 28 heavy (non-hydrogen) atoms. The van der Waals surface area contributed by atoms with Crippen LogP contribution in [0.4, 0.5) is 0 Å². The van der Waals surface area contributed by atoms with E-state index in [-0.39, 0.29) is 5.75 Å². The van der Waals surface area contributed by atoms with Gasteiger partial charge in [0.25, 0.3) is 0 Å². The molecule has 1 aromatic rings. The highest BCUT2D eigenvalue weighted by Gasteiger charge is 2.32. The second-order valence-corrected chi connectivity index (χ2v) is 9.64. The Balaban J connectivity index is 1.46. The average molecular weight is 408 g/mol. The number of amides is 1. The highest BCUT2D eigenvalue weighted by molar-refractivity contribution is 7.82. The Bertz CT molecular complexity index is 661. The molecule has 0 bridgehead atoms. The predicted octanol–water partition coefficient (Wildman–Crippen LogP) is 2.46. The monoisotopic (exact) mass is 407 g/mol. The molecule has 1 aliphatic carbocycles. The van der Waals surface area contributed by atoms with Crippen molar-refractivity contribution < 1.29 is 14.1 Å². The molecule has 1 heterocycles. The lowest BCUT2D eigenvalue weighted by Gasteiger charge is -2.37. The molecule has 7 heteroatoms. The summed E-state index contributed by atoms with van der Waals surface area (Å²) < 4.78 is 14.8. The summed E-state index contributed by atoms with van der Waals surface area (Å²) in [5.41, 5.74) is 0. The van der Waals surface area contributed by atoms with Crippen molar-refractivity contribution in [2.24, 2.45) is 5.92 Å². The number of rotatable bonds is 8. The number of aromatic hydroxyl groups is 1. The van der Waals surface area contributed by atoms with Crippen LogP contribution in [0.5, 0.6) is 5.75 Å². The molecule has 1 saturated carbocycles. The van der Waals surface area contributed by atoms with Gasteiger partial charge in [0, 0.05) is 45.3 Å². The lowest BCUT2D eigenvalue weighted by molar-refractivity contribution is -0.120. The first kappa shape index (κ1) is 21.3. The third kappa shape index (κ3) is 5.13. The lowest BCUT2D eigenvalue weighted by atomic mass is 10.0. The molecule has 3 rings (SSSR count). The number of piperidine rings is 1. The fourth-order valence-electron chi connectivity index (χ4n) is 4.63. The minimum absolute atomic E-state index is 0.198. The van der Waals surface area contributed by atoms with Gasteiger partial charge in [-0.25, -0.2) is 8.51 Å². The molecular weight excluding hydrogens is 374 g/mol. The molecule has 0 aromatic heterocycles. The van der Waals surface area contributed by atoms with Gasteiger partial charge in [-0.05, 0) is 69.2 Å². The van der Waals surface area contributed by atoms with Gasteiger partial charge >= 0.3 is 0 Å². The molecule has 1 N–H and O–H groups in total. The fourth-order valence-corrected chi connectivity index (χ4v) is 5.79. The van der Waals surface area contributed by atoms with E-state index in [2.05, 4.69) is 4.90 Å². The van der Waals surface area contributed by atoms with E-state index >= 15 is 0 Å².